The van der Waals surface area contributed by atoms with Gasteiger partial charge < -0.3 is 10.4 Å². The monoisotopic (exact) mass is 264 g/mol. The molecule has 0 aliphatic heterocycles. The van der Waals surface area contributed by atoms with Crippen molar-refractivity contribution in [1.82, 2.24) is 5.32 Å². The van der Waals surface area contributed by atoms with Gasteiger partial charge in [0.15, 0.2) is 0 Å². The number of nitrogens with one attached hydrogen (secondary N) is 2. The Morgan fingerprint density at radius 1 is 1.26 bits per heavy atom. The van der Waals surface area contributed by atoms with Crippen molar-refractivity contribution < 1.29 is 14.7 Å². The van der Waals surface area contributed by atoms with Gasteiger partial charge in [0.25, 0.3) is 0 Å². The second kappa shape index (κ2) is 6.33. The molecule has 1 aromatic rings. The van der Waals surface area contributed by atoms with Crippen molar-refractivity contribution >= 4 is 17.6 Å². The molecule has 0 spiro atoms. The highest BCUT2D eigenvalue weighted by molar-refractivity contribution is 5.92. The Kier molecular flexibility index (Phi) is 5.06. The third-order valence-electron chi connectivity index (χ3n) is 3.15. The van der Waals surface area contributed by atoms with E-state index in [1.807, 2.05) is 31.2 Å². The van der Waals surface area contributed by atoms with Crippen LogP contribution in [0.15, 0.2) is 24.3 Å². The first kappa shape index (κ1) is 15.2. The largest absolute Gasteiger partial charge is 0.480 e. The van der Waals surface area contributed by atoms with Gasteiger partial charge in [0.2, 0.25) is 5.91 Å². The number of benzene rings is 1. The molecule has 3 N–H and O–H groups in total. The van der Waals surface area contributed by atoms with Crippen LogP contribution in [0.2, 0.25) is 0 Å². The minimum atomic E-state index is -1.08. The fourth-order valence-corrected chi connectivity index (χ4v) is 1.47. The molecule has 0 fully saturated rings. The van der Waals surface area contributed by atoms with E-state index in [4.69, 9.17) is 5.11 Å². The summed E-state index contributed by atoms with van der Waals surface area (Å²) in [7, 11) is 0. The topological polar surface area (TPSA) is 78.4 Å². The lowest BCUT2D eigenvalue weighted by Gasteiger charge is -2.24. The molecule has 1 unspecified atom stereocenters. The van der Waals surface area contributed by atoms with Crippen LogP contribution in [0.3, 0.4) is 0 Å². The predicted octanol–water partition coefficient (Wildman–Crippen LogP) is 1.78. The Balaban J connectivity index is 2.52. The van der Waals surface area contributed by atoms with Gasteiger partial charge in [-0.25, -0.2) is 0 Å². The number of hydrogen-bond donors (Lipinski definition) is 3. The van der Waals surface area contributed by atoms with Gasteiger partial charge in [-0.1, -0.05) is 24.6 Å². The summed E-state index contributed by atoms with van der Waals surface area (Å²) in [5.74, 6) is -1.22. The van der Waals surface area contributed by atoms with E-state index in [0.717, 1.165) is 5.56 Å². The maximum Gasteiger partial charge on any atom is 0.323 e. The van der Waals surface area contributed by atoms with Gasteiger partial charge in [-0.15, -0.1) is 0 Å². The van der Waals surface area contributed by atoms with Crippen LogP contribution < -0.4 is 10.6 Å². The van der Waals surface area contributed by atoms with Crippen LogP contribution in [-0.2, 0) is 9.59 Å². The molecule has 5 heteroatoms. The summed E-state index contributed by atoms with van der Waals surface area (Å²) >= 11 is 0. The van der Waals surface area contributed by atoms with Gasteiger partial charge in [-0.05, 0) is 32.4 Å². The maximum atomic E-state index is 11.7. The van der Waals surface area contributed by atoms with Crippen LogP contribution in [0.4, 0.5) is 5.69 Å². The average molecular weight is 264 g/mol. The van der Waals surface area contributed by atoms with Gasteiger partial charge in [0.1, 0.15) is 5.54 Å². The molecule has 0 radical (unpaired) electrons. The predicted molar refractivity (Wildman–Crippen MR) is 74.1 cm³/mol. The number of aryl methyl sites for hydroxylation is 1. The van der Waals surface area contributed by atoms with Crippen LogP contribution in [-0.4, -0.2) is 29.1 Å². The Hall–Kier alpha value is -1.88. The molecule has 0 heterocycles. The summed E-state index contributed by atoms with van der Waals surface area (Å²) < 4.78 is 0. The zero-order valence-electron chi connectivity index (χ0n) is 11.5. The van der Waals surface area contributed by atoms with Crippen molar-refractivity contribution in [3.63, 3.8) is 0 Å². The summed E-state index contributed by atoms with van der Waals surface area (Å²) in [5.41, 5.74) is 0.733. The number of carbonyl (C=O) groups excluding carboxylic acids is 1. The summed E-state index contributed by atoms with van der Waals surface area (Å²) in [6, 6.07) is 7.42. The standard InChI is InChI=1S/C14H20N2O3/c1-4-14(3,13(18)19)15-9-12(17)16-11-7-5-10(2)6-8-11/h5-8,15H,4,9H2,1-3H3,(H,16,17)(H,18,19). The quantitative estimate of drug-likeness (QED) is 0.731. The van der Waals surface area contributed by atoms with Crippen molar-refractivity contribution in [2.24, 2.45) is 0 Å². The summed E-state index contributed by atoms with van der Waals surface area (Å²) in [6.07, 6.45) is 0.403. The molecule has 0 aliphatic carbocycles. The number of aliphatic carboxylic acids is 1. The number of amides is 1. The van der Waals surface area contributed by atoms with Crippen LogP contribution in [0.1, 0.15) is 25.8 Å². The van der Waals surface area contributed by atoms with Gasteiger partial charge >= 0.3 is 5.97 Å². The number of rotatable bonds is 6. The summed E-state index contributed by atoms with van der Waals surface area (Å²) in [5, 5.41) is 14.5. The third-order valence-corrected chi connectivity index (χ3v) is 3.15. The Morgan fingerprint density at radius 3 is 2.32 bits per heavy atom. The van der Waals surface area contributed by atoms with Crippen LogP contribution in [0, 0.1) is 6.92 Å². The molecule has 0 saturated carbocycles. The lowest BCUT2D eigenvalue weighted by Crippen LogP contribution is -2.51. The molecule has 0 aromatic heterocycles. The number of carbonyl (C=O) groups is 2. The van der Waals surface area contributed by atoms with E-state index in [-0.39, 0.29) is 12.5 Å². The average Bonchev–Trinajstić information content (AvgIpc) is 2.38. The SMILES string of the molecule is CCC(C)(NCC(=O)Nc1ccc(C)cc1)C(=O)O. The first-order chi connectivity index (χ1) is 8.87. The van der Waals surface area contributed by atoms with Gasteiger partial charge in [-0.2, -0.15) is 0 Å². The van der Waals surface area contributed by atoms with E-state index in [2.05, 4.69) is 10.6 Å². The van der Waals surface area contributed by atoms with Crippen LogP contribution >= 0.6 is 0 Å². The van der Waals surface area contributed by atoms with Crippen molar-refractivity contribution in [2.45, 2.75) is 32.7 Å². The Bertz CT molecular complexity index is 456. The second-order valence-corrected chi connectivity index (χ2v) is 4.76. The molecule has 1 amide bonds. The van der Waals surface area contributed by atoms with Crippen molar-refractivity contribution in [3.8, 4) is 0 Å². The molecule has 104 valence electrons. The first-order valence-corrected chi connectivity index (χ1v) is 6.22. The first-order valence-electron chi connectivity index (χ1n) is 6.22. The molecule has 0 saturated heterocycles. The Morgan fingerprint density at radius 2 is 1.84 bits per heavy atom. The second-order valence-electron chi connectivity index (χ2n) is 4.76. The highest BCUT2D eigenvalue weighted by Crippen LogP contribution is 2.10. The van der Waals surface area contributed by atoms with Crippen LogP contribution in [0.25, 0.3) is 0 Å². The van der Waals surface area contributed by atoms with E-state index < -0.39 is 11.5 Å². The molecule has 0 aliphatic rings. The molecule has 1 atom stereocenters. The van der Waals surface area contributed by atoms with Crippen molar-refractivity contribution in [3.05, 3.63) is 29.8 Å². The molecule has 1 rings (SSSR count). The normalized spacial score (nSPS) is 13.6. The zero-order valence-corrected chi connectivity index (χ0v) is 11.5. The van der Waals surface area contributed by atoms with E-state index in [9.17, 15) is 9.59 Å². The summed E-state index contributed by atoms with van der Waals surface area (Å²) in [6.45, 7) is 5.25. The number of anilines is 1. The number of carboxylic acid groups (broad SMARTS) is 1. The smallest absolute Gasteiger partial charge is 0.323 e. The number of carboxylic acids is 1. The minimum Gasteiger partial charge on any atom is -0.480 e. The third kappa shape index (κ3) is 4.37. The highest BCUT2D eigenvalue weighted by Gasteiger charge is 2.30. The Labute approximate surface area is 113 Å². The van der Waals surface area contributed by atoms with E-state index in [0.29, 0.717) is 12.1 Å². The molecule has 19 heavy (non-hydrogen) atoms. The summed E-state index contributed by atoms with van der Waals surface area (Å²) in [4.78, 5) is 22.8. The highest BCUT2D eigenvalue weighted by atomic mass is 16.4. The van der Waals surface area contributed by atoms with E-state index in [1.165, 1.54) is 0 Å². The zero-order chi connectivity index (χ0) is 14.5. The van der Waals surface area contributed by atoms with Gasteiger partial charge in [-0.3, -0.25) is 14.9 Å². The molecule has 0 bridgehead atoms. The van der Waals surface area contributed by atoms with Crippen molar-refractivity contribution in [2.75, 3.05) is 11.9 Å². The fraction of sp³-hybridized carbons (Fsp3) is 0.429. The molecular weight excluding hydrogens is 244 g/mol. The van der Waals surface area contributed by atoms with E-state index >= 15 is 0 Å². The van der Waals surface area contributed by atoms with Gasteiger partial charge in [0, 0.05) is 5.69 Å². The molecule has 1 aromatic carbocycles. The van der Waals surface area contributed by atoms with Crippen LogP contribution in [0.5, 0.6) is 0 Å². The maximum absolute atomic E-state index is 11.7. The van der Waals surface area contributed by atoms with Gasteiger partial charge in [0.05, 0.1) is 6.54 Å². The van der Waals surface area contributed by atoms with E-state index in [1.54, 1.807) is 13.8 Å². The van der Waals surface area contributed by atoms with Crippen molar-refractivity contribution in [1.29, 1.82) is 0 Å². The molecule has 5 nitrogen and oxygen atoms in total. The minimum absolute atomic E-state index is 0.0372. The lowest BCUT2D eigenvalue weighted by molar-refractivity contribution is -0.144. The fourth-order valence-electron chi connectivity index (χ4n) is 1.47. The number of hydrogen-bond acceptors (Lipinski definition) is 3. The molecular formula is C14H20N2O3. The lowest BCUT2D eigenvalue weighted by atomic mass is 9.99.